The highest BCUT2D eigenvalue weighted by Gasteiger charge is 2.06. The Morgan fingerprint density at radius 1 is 1.30 bits per heavy atom. The van der Waals surface area contributed by atoms with Gasteiger partial charge in [0.1, 0.15) is 11.6 Å². The molecule has 0 unspecified atom stereocenters. The van der Waals surface area contributed by atoms with Crippen LogP contribution < -0.4 is 10.1 Å². The van der Waals surface area contributed by atoms with Crippen molar-refractivity contribution in [1.82, 2.24) is 4.98 Å². The molecule has 20 heavy (non-hydrogen) atoms. The molecule has 0 radical (unpaired) electrons. The molecule has 1 aromatic carbocycles. The second-order valence-electron chi connectivity index (χ2n) is 4.07. The third-order valence-corrected chi connectivity index (χ3v) is 2.77. The van der Waals surface area contributed by atoms with Gasteiger partial charge in [-0.2, -0.15) is 4.98 Å². The number of halogens is 1. The van der Waals surface area contributed by atoms with Crippen LogP contribution in [0.4, 0.5) is 5.82 Å². The summed E-state index contributed by atoms with van der Waals surface area (Å²) in [5, 5.41) is 3.22. The Bertz CT molecular complexity index is 639. The second-order valence-corrected chi connectivity index (χ2v) is 4.50. The first-order chi connectivity index (χ1) is 9.58. The van der Waals surface area contributed by atoms with E-state index in [-0.39, 0.29) is 5.91 Å². The summed E-state index contributed by atoms with van der Waals surface area (Å²) >= 11 is 5.82. The summed E-state index contributed by atoms with van der Waals surface area (Å²) in [5.74, 6) is 1.13. The smallest absolute Gasteiger partial charge is 0.248 e. The quantitative estimate of drug-likeness (QED) is 0.866. The minimum Gasteiger partial charge on any atom is -0.439 e. The first-order valence-electron chi connectivity index (χ1n) is 5.93. The fourth-order valence-electron chi connectivity index (χ4n) is 1.47. The van der Waals surface area contributed by atoms with E-state index in [2.05, 4.69) is 16.9 Å². The van der Waals surface area contributed by atoms with Crippen molar-refractivity contribution in [3.05, 3.63) is 59.6 Å². The normalized spacial score (nSPS) is 9.90. The number of hydrogen-bond acceptors (Lipinski definition) is 3. The molecule has 1 heterocycles. The molecule has 0 saturated carbocycles. The number of amides is 1. The van der Waals surface area contributed by atoms with Gasteiger partial charge in [-0.3, -0.25) is 4.79 Å². The largest absolute Gasteiger partial charge is 0.439 e. The first kappa shape index (κ1) is 14.1. The lowest BCUT2D eigenvalue weighted by atomic mass is 10.3. The minimum absolute atomic E-state index is 0.321. The molecule has 5 heteroatoms. The molecule has 1 aromatic heterocycles. The SMILES string of the molecule is C=CC(=O)Nc1ccc(C)c(Oc2ccc(Cl)cc2)n1. The van der Waals surface area contributed by atoms with E-state index in [9.17, 15) is 4.79 Å². The Kier molecular flexibility index (Phi) is 4.38. The summed E-state index contributed by atoms with van der Waals surface area (Å²) < 4.78 is 5.67. The monoisotopic (exact) mass is 288 g/mol. The minimum atomic E-state index is -0.321. The van der Waals surface area contributed by atoms with Gasteiger partial charge >= 0.3 is 0 Å². The predicted molar refractivity (Wildman–Crippen MR) is 79.3 cm³/mol. The molecule has 0 bridgehead atoms. The van der Waals surface area contributed by atoms with E-state index in [1.54, 1.807) is 30.3 Å². The van der Waals surface area contributed by atoms with E-state index in [1.165, 1.54) is 6.08 Å². The number of nitrogens with one attached hydrogen (secondary N) is 1. The van der Waals surface area contributed by atoms with E-state index < -0.39 is 0 Å². The molecular weight excluding hydrogens is 276 g/mol. The van der Waals surface area contributed by atoms with Gasteiger partial charge in [0, 0.05) is 10.6 Å². The van der Waals surface area contributed by atoms with Crippen LogP contribution in [0.2, 0.25) is 5.02 Å². The maximum Gasteiger partial charge on any atom is 0.248 e. The Hall–Kier alpha value is -2.33. The number of hydrogen-bond donors (Lipinski definition) is 1. The van der Waals surface area contributed by atoms with Crippen LogP contribution in [0, 0.1) is 6.92 Å². The van der Waals surface area contributed by atoms with Gasteiger partial charge in [0.05, 0.1) is 0 Å². The number of ether oxygens (including phenoxy) is 1. The standard InChI is InChI=1S/C15H13ClN2O2/c1-3-14(19)17-13-9-4-10(2)15(18-13)20-12-7-5-11(16)6-8-12/h3-9H,1H2,2H3,(H,17,18,19). The first-order valence-corrected chi connectivity index (χ1v) is 6.31. The topological polar surface area (TPSA) is 51.2 Å². The number of benzene rings is 1. The van der Waals surface area contributed by atoms with E-state index in [4.69, 9.17) is 16.3 Å². The van der Waals surface area contributed by atoms with Gasteiger partial charge in [-0.05, 0) is 43.3 Å². The molecule has 0 fully saturated rings. The highest BCUT2D eigenvalue weighted by Crippen LogP contribution is 2.25. The predicted octanol–water partition coefficient (Wildman–Crippen LogP) is 3.96. The number of rotatable bonds is 4. The lowest BCUT2D eigenvalue weighted by molar-refractivity contribution is -0.111. The van der Waals surface area contributed by atoms with Crippen LogP contribution in [0.5, 0.6) is 11.6 Å². The van der Waals surface area contributed by atoms with Gasteiger partial charge in [-0.1, -0.05) is 24.2 Å². The van der Waals surface area contributed by atoms with E-state index in [0.717, 1.165) is 5.56 Å². The van der Waals surface area contributed by atoms with Crippen molar-refractivity contribution in [2.24, 2.45) is 0 Å². The molecule has 102 valence electrons. The van der Waals surface area contributed by atoms with Crippen LogP contribution in [-0.4, -0.2) is 10.9 Å². The molecule has 0 aliphatic carbocycles. The lowest BCUT2D eigenvalue weighted by Crippen LogP contribution is -2.09. The van der Waals surface area contributed by atoms with Crippen molar-refractivity contribution in [2.75, 3.05) is 5.32 Å². The number of anilines is 1. The molecule has 4 nitrogen and oxygen atoms in total. The van der Waals surface area contributed by atoms with Crippen LogP contribution in [0.1, 0.15) is 5.56 Å². The van der Waals surface area contributed by atoms with Gasteiger partial charge in [0.25, 0.3) is 0 Å². The fourth-order valence-corrected chi connectivity index (χ4v) is 1.60. The number of aromatic nitrogens is 1. The highest BCUT2D eigenvalue weighted by molar-refractivity contribution is 6.30. The third kappa shape index (κ3) is 3.59. The molecule has 0 spiro atoms. The summed E-state index contributed by atoms with van der Waals surface area (Å²) in [4.78, 5) is 15.5. The van der Waals surface area contributed by atoms with Crippen LogP contribution in [0.25, 0.3) is 0 Å². The van der Waals surface area contributed by atoms with Gasteiger partial charge in [-0.15, -0.1) is 0 Å². The van der Waals surface area contributed by atoms with Crippen molar-refractivity contribution in [3.63, 3.8) is 0 Å². The van der Waals surface area contributed by atoms with Gasteiger partial charge in [0.2, 0.25) is 11.8 Å². The van der Waals surface area contributed by atoms with Gasteiger partial charge < -0.3 is 10.1 Å². The summed E-state index contributed by atoms with van der Waals surface area (Å²) in [5.41, 5.74) is 0.858. The fraction of sp³-hybridized carbons (Fsp3) is 0.0667. The van der Waals surface area contributed by atoms with Gasteiger partial charge in [0.15, 0.2) is 0 Å². The molecule has 1 N–H and O–H groups in total. The Balaban J connectivity index is 2.22. The highest BCUT2D eigenvalue weighted by atomic mass is 35.5. The number of carbonyl (C=O) groups excluding carboxylic acids is 1. The summed E-state index contributed by atoms with van der Waals surface area (Å²) in [6.07, 6.45) is 1.18. The summed E-state index contributed by atoms with van der Waals surface area (Å²) in [7, 11) is 0. The second kappa shape index (κ2) is 6.21. The maximum absolute atomic E-state index is 11.2. The van der Waals surface area contributed by atoms with Crippen molar-refractivity contribution in [1.29, 1.82) is 0 Å². The van der Waals surface area contributed by atoms with Crippen LogP contribution in [0.15, 0.2) is 49.1 Å². The molecule has 0 aliphatic heterocycles. The Morgan fingerprint density at radius 2 is 2.00 bits per heavy atom. The van der Waals surface area contributed by atoms with Crippen molar-refractivity contribution >= 4 is 23.3 Å². The zero-order valence-corrected chi connectivity index (χ0v) is 11.6. The number of carbonyl (C=O) groups is 1. The average molecular weight is 289 g/mol. The third-order valence-electron chi connectivity index (χ3n) is 2.52. The number of aryl methyl sites for hydroxylation is 1. The van der Waals surface area contributed by atoms with Crippen molar-refractivity contribution < 1.29 is 9.53 Å². The zero-order chi connectivity index (χ0) is 14.5. The number of pyridine rings is 1. The number of nitrogens with zero attached hydrogens (tertiary/aromatic N) is 1. The molecule has 0 atom stereocenters. The molecule has 2 aromatic rings. The van der Waals surface area contributed by atoms with Crippen LogP contribution in [0.3, 0.4) is 0 Å². The average Bonchev–Trinajstić information content (AvgIpc) is 2.45. The van der Waals surface area contributed by atoms with Crippen LogP contribution in [-0.2, 0) is 4.79 Å². The molecule has 0 aliphatic rings. The molecule has 0 saturated heterocycles. The van der Waals surface area contributed by atoms with Gasteiger partial charge in [-0.25, -0.2) is 0 Å². The molecular formula is C15H13ClN2O2. The van der Waals surface area contributed by atoms with E-state index in [0.29, 0.717) is 22.5 Å². The van der Waals surface area contributed by atoms with E-state index in [1.807, 2.05) is 13.0 Å². The molecule has 2 rings (SSSR count). The van der Waals surface area contributed by atoms with Crippen LogP contribution >= 0.6 is 11.6 Å². The summed E-state index contributed by atoms with van der Waals surface area (Å²) in [6.45, 7) is 5.26. The van der Waals surface area contributed by atoms with Crippen molar-refractivity contribution in [2.45, 2.75) is 6.92 Å². The maximum atomic E-state index is 11.2. The van der Waals surface area contributed by atoms with Crippen molar-refractivity contribution in [3.8, 4) is 11.6 Å². The lowest BCUT2D eigenvalue weighted by Gasteiger charge is -2.09. The summed E-state index contributed by atoms with van der Waals surface area (Å²) in [6, 6.07) is 10.5. The Morgan fingerprint density at radius 3 is 2.65 bits per heavy atom. The zero-order valence-electron chi connectivity index (χ0n) is 10.9. The van der Waals surface area contributed by atoms with E-state index >= 15 is 0 Å². The molecule has 1 amide bonds. The Labute approximate surface area is 122 Å².